The molecular weight excluding hydrogens is 408 g/mol. The summed E-state index contributed by atoms with van der Waals surface area (Å²) in [6, 6.07) is 15.0. The largest absolute Gasteiger partial charge is 0.299 e. The zero-order chi connectivity index (χ0) is 19.4. The minimum Gasteiger partial charge on any atom is -0.299 e. The summed E-state index contributed by atoms with van der Waals surface area (Å²) in [5.41, 5.74) is 0.821. The number of anilines is 1. The van der Waals surface area contributed by atoms with Crippen LogP contribution in [-0.2, 0) is 14.8 Å². The van der Waals surface area contributed by atoms with Crippen molar-refractivity contribution >= 4 is 44.0 Å². The predicted molar refractivity (Wildman–Crippen MR) is 105 cm³/mol. The lowest BCUT2D eigenvalue weighted by molar-refractivity contribution is -0.116. The van der Waals surface area contributed by atoms with Gasteiger partial charge in [0.15, 0.2) is 0 Å². The summed E-state index contributed by atoms with van der Waals surface area (Å²) in [7, 11) is -2.39. The fourth-order valence-electron chi connectivity index (χ4n) is 2.20. The van der Waals surface area contributed by atoms with Gasteiger partial charge in [0, 0.05) is 17.6 Å². The van der Waals surface area contributed by atoms with E-state index in [-0.39, 0.29) is 16.6 Å². The van der Waals surface area contributed by atoms with Crippen LogP contribution in [0.4, 0.5) is 5.13 Å². The molecular formula is C17H15ClN4O3S2. The molecule has 2 aromatic carbocycles. The number of likely N-dealkylation sites (N-methyl/N-ethyl adjacent to an activating group) is 1. The highest BCUT2D eigenvalue weighted by atomic mass is 35.5. The van der Waals surface area contributed by atoms with E-state index in [1.54, 1.807) is 42.5 Å². The average molecular weight is 423 g/mol. The molecule has 10 heteroatoms. The van der Waals surface area contributed by atoms with Gasteiger partial charge in [-0.15, -0.1) is 10.2 Å². The molecule has 1 N–H and O–H groups in total. The number of hydrogen-bond acceptors (Lipinski definition) is 6. The van der Waals surface area contributed by atoms with Crippen molar-refractivity contribution in [3.63, 3.8) is 0 Å². The number of rotatable bonds is 6. The van der Waals surface area contributed by atoms with Gasteiger partial charge in [0.2, 0.25) is 21.1 Å². The van der Waals surface area contributed by atoms with Crippen molar-refractivity contribution in [2.24, 2.45) is 0 Å². The van der Waals surface area contributed by atoms with Crippen LogP contribution in [0.5, 0.6) is 0 Å². The van der Waals surface area contributed by atoms with Crippen molar-refractivity contribution in [1.82, 2.24) is 14.5 Å². The molecule has 0 atom stereocenters. The summed E-state index contributed by atoms with van der Waals surface area (Å²) in [5.74, 6) is -0.504. The van der Waals surface area contributed by atoms with Crippen molar-refractivity contribution in [3.05, 3.63) is 59.6 Å². The van der Waals surface area contributed by atoms with Crippen LogP contribution < -0.4 is 5.32 Å². The maximum atomic E-state index is 12.4. The number of amides is 1. The summed E-state index contributed by atoms with van der Waals surface area (Å²) in [6.45, 7) is -0.340. The molecule has 0 spiro atoms. The first-order valence-corrected chi connectivity index (χ1v) is 10.4. The molecule has 27 heavy (non-hydrogen) atoms. The summed E-state index contributed by atoms with van der Waals surface area (Å²) in [6.07, 6.45) is 0. The molecule has 0 aliphatic heterocycles. The maximum Gasteiger partial charge on any atom is 0.243 e. The third-order valence-electron chi connectivity index (χ3n) is 3.58. The van der Waals surface area contributed by atoms with Crippen molar-refractivity contribution in [1.29, 1.82) is 0 Å². The number of aromatic nitrogens is 2. The van der Waals surface area contributed by atoms with Crippen LogP contribution in [0.1, 0.15) is 0 Å². The second-order valence-corrected chi connectivity index (χ2v) is 9.00. The highest BCUT2D eigenvalue weighted by molar-refractivity contribution is 7.89. The molecule has 1 aromatic heterocycles. The van der Waals surface area contributed by atoms with Crippen LogP contribution >= 0.6 is 22.9 Å². The third-order valence-corrected chi connectivity index (χ3v) is 6.54. The van der Waals surface area contributed by atoms with Gasteiger partial charge in [-0.25, -0.2) is 8.42 Å². The predicted octanol–water partition coefficient (Wildman–Crippen LogP) is 3.12. The van der Waals surface area contributed by atoms with Crippen LogP contribution in [0.15, 0.2) is 59.5 Å². The number of halogens is 1. The van der Waals surface area contributed by atoms with Crippen LogP contribution in [0.2, 0.25) is 5.02 Å². The first kappa shape index (κ1) is 19.4. The van der Waals surface area contributed by atoms with E-state index in [2.05, 4.69) is 15.5 Å². The molecule has 0 fully saturated rings. The van der Waals surface area contributed by atoms with Crippen molar-refractivity contribution in [3.8, 4) is 10.6 Å². The minimum atomic E-state index is -3.74. The van der Waals surface area contributed by atoms with E-state index in [4.69, 9.17) is 11.6 Å². The zero-order valence-electron chi connectivity index (χ0n) is 14.2. The fraction of sp³-hybridized carbons (Fsp3) is 0.118. The Balaban J connectivity index is 1.65. The molecule has 0 unspecified atom stereocenters. The Morgan fingerprint density at radius 1 is 1.11 bits per heavy atom. The molecule has 0 bridgehead atoms. The summed E-state index contributed by atoms with van der Waals surface area (Å²) in [4.78, 5) is 12.3. The Morgan fingerprint density at radius 3 is 2.44 bits per heavy atom. The monoisotopic (exact) mass is 422 g/mol. The molecule has 7 nitrogen and oxygen atoms in total. The molecule has 0 saturated heterocycles. The van der Waals surface area contributed by atoms with E-state index in [1.807, 2.05) is 0 Å². The Morgan fingerprint density at radius 2 is 1.78 bits per heavy atom. The van der Waals surface area contributed by atoms with Crippen molar-refractivity contribution in [2.75, 3.05) is 18.9 Å². The van der Waals surface area contributed by atoms with E-state index >= 15 is 0 Å². The van der Waals surface area contributed by atoms with Gasteiger partial charge in [0.1, 0.15) is 5.01 Å². The van der Waals surface area contributed by atoms with Gasteiger partial charge >= 0.3 is 0 Å². The highest BCUT2D eigenvalue weighted by Crippen LogP contribution is 2.27. The van der Waals surface area contributed by atoms with Gasteiger partial charge in [-0.3, -0.25) is 10.1 Å². The van der Waals surface area contributed by atoms with E-state index < -0.39 is 15.9 Å². The number of nitrogens with one attached hydrogen (secondary N) is 1. The molecule has 140 valence electrons. The SMILES string of the molecule is CN(CC(=O)Nc1nnc(-c2ccc(Cl)cc2)s1)S(=O)(=O)c1ccccc1. The van der Waals surface area contributed by atoms with Crippen LogP contribution in [0.25, 0.3) is 10.6 Å². The smallest absolute Gasteiger partial charge is 0.243 e. The molecule has 0 aliphatic rings. The lowest BCUT2D eigenvalue weighted by Gasteiger charge is -2.16. The second kappa shape index (κ2) is 8.13. The minimum absolute atomic E-state index is 0.126. The van der Waals surface area contributed by atoms with Gasteiger partial charge in [0.25, 0.3) is 0 Å². The van der Waals surface area contributed by atoms with Crippen molar-refractivity contribution < 1.29 is 13.2 Å². The van der Waals surface area contributed by atoms with E-state index in [9.17, 15) is 13.2 Å². The lowest BCUT2D eigenvalue weighted by Crippen LogP contribution is -2.34. The summed E-state index contributed by atoms with van der Waals surface area (Å²) in [5, 5.41) is 12.0. The molecule has 3 aromatic rings. The summed E-state index contributed by atoms with van der Waals surface area (Å²) < 4.78 is 25.9. The Kier molecular flexibility index (Phi) is 5.85. The number of benzene rings is 2. The van der Waals surface area contributed by atoms with E-state index in [0.29, 0.717) is 10.0 Å². The highest BCUT2D eigenvalue weighted by Gasteiger charge is 2.23. The van der Waals surface area contributed by atoms with E-state index in [1.165, 1.54) is 30.5 Å². The molecule has 1 amide bonds. The molecule has 0 aliphatic carbocycles. The lowest BCUT2D eigenvalue weighted by atomic mass is 10.2. The molecule has 0 saturated carbocycles. The van der Waals surface area contributed by atoms with Crippen LogP contribution in [0, 0.1) is 0 Å². The molecule has 1 heterocycles. The van der Waals surface area contributed by atoms with Gasteiger partial charge in [-0.1, -0.05) is 53.3 Å². The number of hydrogen-bond donors (Lipinski definition) is 1. The van der Waals surface area contributed by atoms with Crippen molar-refractivity contribution in [2.45, 2.75) is 4.90 Å². The number of carbonyl (C=O) groups excluding carboxylic acids is 1. The molecule has 0 radical (unpaired) electrons. The number of nitrogens with zero attached hydrogens (tertiary/aromatic N) is 3. The standard InChI is InChI=1S/C17H15ClN4O3S2/c1-22(27(24,25)14-5-3-2-4-6-14)11-15(23)19-17-21-20-16(26-17)12-7-9-13(18)10-8-12/h2-10H,11H2,1H3,(H,19,21,23). The van der Waals surface area contributed by atoms with Crippen LogP contribution in [0.3, 0.4) is 0 Å². The number of sulfonamides is 1. The normalized spacial score (nSPS) is 11.5. The second-order valence-electron chi connectivity index (χ2n) is 5.54. The Bertz CT molecular complexity index is 1040. The third kappa shape index (κ3) is 4.69. The number of carbonyl (C=O) groups is 1. The average Bonchev–Trinajstić information content (AvgIpc) is 3.11. The van der Waals surface area contributed by atoms with Gasteiger partial charge in [0.05, 0.1) is 11.4 Å². The van der Waals surface area contributed by atoms with Gasteiger partial charge in [-0.2, -0.15) is 4.31 Å². The van der Waals surface area contributed by atoms with Crippen LogP contribution in [-0.4, -0.2) is 42.4 Å². The molecule has 3 rings (SSSR count). The van der Waals surface area contributed by atoms with Gasteiger partial charge < -0.3 is 0 Å². The topological polar surface area (TPSA) is 92.3 Å². The fourth-order valence-corrected chi connectivity index (χ4v) is 4.24. The van der Waals surface area contributed by atoms with E-state index in [0.717, 1.165) is 9.87 Å². The summed E-state index contributed by atoms with van der Waals surface area (Å²) >= 11 is 7.05. The first-order valence-electron chi connectivity index (χ1n) is 7.77. The maximum absolute atomic E-state index is 12.4. The first-order chi connectivity index (χ1) is 12.9. The zero-order valence-corrected chi connectivity index (χ0v) is 16.6. The quantitative estimate of drug-likeness (QED) is 0.658. The Hall–Kier alpha value is -2.33. The Labute approximate surface area is 165 Å². The van der Waals surface area contributed by atoms with Gasteiger partial charge in [-0.05, 0) is 24.3 Å².